The molecule has 1 rings (SSSR count). The van der Waals surface area contributed by atoms with Gasteiger partial charge in [0.15, 0.2) is 0 Å². The monoisotopic (exact) mass is 181 g/mol. The normalized spacial score (nSPS) is 9.55. The summed E-state index contributed by atoms with van der Waals surface area (Å²) < 4.78 is 0.974. The molecule has 2 heteroatoms. The summed E-state index contributed by atoms with van der Waals surface area (Å²) in [4.78, 5) is 0. The minimum Gasteiger partial charge on any atom is -0.114 e. The van der Waals surface area contributed by atoms with Crippen molar-refractivity contribution in [2.24, 2.45) is 0 Å². The molecule has 0 atom stereocenters. The lowest BCUT2D eigenvalue weighted by atomic mass is 10.2. The number of hydrogen-bond acceptors (Lipinski definition) is 2. The summed E-state index contributed by atoms with van der Waals surface area (Å²) in [5.41, 5.74) is 1.13. The van der Waals surface area contributed by atoms with Crippen molar-refractivity contribution in [2.45, 2.75) is 6.92 Å². The highest BCUT2D eigenvalue weighted by molar-refractivity contribution is 8.23. The highest BCUT2D eigenvalue weighted by Crippen LogP contribution is 2.12. The van der Waals surface area contributed by atoms with Crippen LogP contribution in [-0.2, 0) is 0 Å². The van der Waals surface area contributed by atoms with Crippen LogP contribution in [0.1, 0.15) is 12.5 Å². The van der Waals surface area contributed by atoms with Crippen LogP contribution in [0.3, 0.4) is 0 Å². The van der Waals surface area contributed by atoms with Crippen LogP contribution in [0.25, 0.3) is 0 Å². The van der Waals surface area contributed by atoms with Gasteiger partial charge in [0.05, 0.1) is 4.20 Å². The largest absolute Gasteiger partial charge is 0.114 e. The van der Waals surface area contributed by atoms with Crippen LogP contribution in [0.5, 0.6) is 0 Å². The Morgan fingerprint density at radius 3 is 2.73 bits per heavy atom. The van der Waals surface area contributed by atoms with E-state index in [0.717, 1.165) is 15.5 Å². The molecule has 0 saturated carbocycles. The maximum absolute atomic E-state index is 5.17. The van der Waals surface area contributed by atoms with Crippen molar-refractivity contribution in [1.29, 1.82) is 0 Å². The average Bonchev–Trinajstić information content (AvgIpc) is 2.07. The fourth-order valence-electron chi connectivity index (χ4n) is 0.737. The van der Waals surface area contributed by atoms with Gasteiger partial charge >= 0.3 is 0 Å². The maximum atomic E-state index is 5.17. The summed E-state index contributed by atoms with van der Waals surface area (Å²) in [5.74, 6) is 1.04. The van der Waals surface area contributed by atoms with Crippen LogP contribution in [-0.4, -0.2) is 9.95 Å². The molecule has 0 saturated heterocycles. The van der Waals surface area contributed by atoms with Gasteiger partial charge in [-0.15, -0.1) is 11.8 Å². The summed E-state index contributed by atoms with van der Waals surface area (Å²) in [5, 5.41) is 0. The van der Waals surface area contributed by atoms with Gasteiger partial charge in [-0.05, 0) is 17.4 Å². The van der Waals surface area contributed by atoms with E-state index in [1.807, 2.05) is 24.3 Å². The molecule has 0 N–H and O–H groups in total. The lowest BCUT2D eigenvalue weighted by Crippen LogP contribution is -1.90. The minimum absolute atomic E-state index is 0.974. The van der Waals surface area contributed by atoms with Crippen molar-refractivity contribution in [3.8, 4) is 0 Å². The summed E-state index contributed by atoms with van der Waals surface area (Å²) in [6.07, 6.45) is 0. The SMILES string of the molecule is CCSC(=S)c1cc[c]cc1. The highest BCUT2D eigenvalue weighted by Gasteiger charge is 1.97. The predicted molar refractivity (Wildman–Crippen MR) is 55.1 cm³/mol. The van der Waals surface area contributed by atoms with E-state index in [4.69, 9.17) is 12.2 Å². The Kier molecular flexibility index (Phi) is 3.60. The third-order valence-corrected chi connectivity index (χ3v) is 2.61. The Balaban J connectivity index is 2.69. The quantitative estimate of drug-likeness (QED) is 0.643. The molecule has 1 aromatic rings. The third kappa shape index (κ3) is 2.64. The smallest absolute Gasteiger partial charge is 0.0778 e. The fraction of sp³-hybridized carbons (Fsp3) is 0.222. The molecule has 0 heterocycles. The Morgan fingerprint density at radius 1 is 1.55 bits per heavy atom. The van der Waals surface area contributed by atoms with Gasteiger partial charge in [-0.25, -0.2) is 0 Å². The second kappa shape index (κ2) is 4.52. The first-order valence-corrected chi connectivity index (χ1v) is 4.87. The summed E-state index contributed by atoms with van der Waals surface area (Å²) in [6.45, 7) is 2.10. The van der Waals surface area contributed by atoms with Crippen molar-refractivity contribution >= 4 is 28.2 Å². The molecule has 0 amide bonds. The second-order valence-electron chi connectivity index (χ2n) is 2.01. The van der Waals surface area contributed by atoms with E-state index in [2.05, 4.69) is 13.0 Å². The molecule has 0 aliphatic carbocycles. The minimum atomic E-state index is 0.974. The van der Waals surface area contributed by atoms with Crippen molar-refractivity contribution in [1.82, 2.24) is 0 Å². The van der Waals surface area contributed by atoms with Crippen molar-refractivity contribution < 1.29 is 0 Å². The highest BCUT2D eigenvalue weighted by atomic mass is 32.2. The Hall–Kier alpha value is -0.340. The molecule has 0 fully saturated rings. The Morgan fingerprint density at radius 2 is 2.18 bits per heavy atom. The molecule has 0 aromatic heterocycles. The average molecular weight is 181 g/mol. The zero-order valence-corrected chi connectivity index (χ0v) is 7.97. The summed E-state index contributed by atoms with van der Waals surface area (Å²) in [7, 11) is 0. The second-order valence-corrected chi connectivity index (χ2v) is 3.95. The van der Waals surface area contributed by atoms with Crippen LogP contribution in [0.4, 0.5) is 0 Å². The van der Waals surface area contributed by atoms with Gasteiger partial charge in [0.2, 0.25) is 0 Å². The van der Waals surface area contributed by atoms with Gasteiger partial charge in [-0.2, -0.15) is 0 Å². The fourth-order valence-corrected chi connectivity index (χ4v) is 1.79. The molecule has 11 heavy (non-hydrogen) atoms. The molecule has 0 bridgehead atoms. The molecule has 0 aliphatic rings. The topological polar surface area (TPSA) is 0 Å². The van der Waals surface area contributed by atoms with E-state index < -0.39 is 0 Å². The van der Waals surface area contributed by atoms with E-state index >= 15 is 0 Å². The molecule has 57 valence electrons. The lowest BCUT2D eigenvalue weighted by Gasteiger charge is -1.99. The Bertz CT molecular complexity index is 229. The van der Waals surface area contributed by atoms with Gasteiger partial charge in [-0.3, -0.25) is 0 Å². The van der Waals surface area contributed by atoms with Gasteiger partial charge in [0.25, 0.3) is 0 Å². The molecule has 1 aromatic carbocycles. The van der Waals surface area contributed by atoms with E-state index in [-0.39, 0.29) is 0 Å². The molecule has 0 aliphatic heterocycles. The van der Waals surface area contributed by atoms with Gasteiger partial charge in [0.1, 0.15) is 0 Å². The van der Waals surface area contributed by atoms with Crippen LogP contribution in [0, 0.1) is 6.07 Å². The lowest BCUT2D eigenvalue weighted by molar-refractivity contribution is 1.54. The molecule has 1 radical (unpaired) electrons. The molecule has 0 spiro atoms. The van der Waals surface area contributed by atoms with Crippen LogP contribution in [0.15, 0.2) is 24.3 Å². The number of thiocarbonyl (C=S) groups is 1. The zero-order chi connectivity index (χ0) is 8.10. The van der Waals surface area contributed by atoms with Gasteiger partial charge < -0.3 is 0 Å². The molecular formula is C9H9S2. The van der Waals surface area contributed by atoms with Crippen molar-refractivity contribution in [3.05, 3.63) is 35.9 Å². The predicted octanol–water partition coefficient (Wildman–Crippen LogP) is 2.92. The van der Waals surface area contributed by atoms with Crippen LogP contribution < -0.4 is 0 Å². The van der Waals surface area contributed by atoms with E-state index in [1.165, 1.54) is 0 Å². The van der Waals surface area contributed by atoms with E-state index in [1.54, 1.807) is 11.8 Å². The summed E-state index contributed by atoms with van der Waals surface area (Å²) in [6, 6.07) is 10.7. The number of thioether (sulfide) groups is 1. The van der Waals surface area contributed by atoms with Crippen LogP contribution >= 0.6 is 24.0 Å². The van der Waals surface area contributed by atoms with E-state index in [0.29, 0.717) is 0 Å². The first-order valence-electron chi connectivity index (χ1n) is 3.48. The standard InChI is InChI=1S/C9H9S2/c1-2-11-9(10)8-6-4-3-5-7-8/h4-7H,2H2,1H3. The molecule has 0 nitrogen and oxygen atoms in total. The number of rotatable bonds is 2. The van der Waals surface area contributed by atoms with E-state index in [9.17, 15) is 0 Å². The summed E-state index contributed by atoms with van der Waals surface area (Å²) >= 11 is 6.87. The van der Waals surface area contributed by atoms with Gasteiger partial charge in [-0.1, -0.05) is 43.4 Å². The van der Waals surface area contributed by atoms with Crippen LogP contribution in [0.2, 0.25) is 0 Å². The molecular weight excluding hydrogens is 172 g/mol. The number of hydrogen-bond donors (Lipinski definition) is 0. The molecule has 0 unspecified atom stereocenters. The van der Waals surface area contributed by atoms with Crippen molar-refractivity contribution in [2.75, 3.05) is 5.75 Å². The third-order valence-electron chi connectivity index (χ3n) is 1.23. The Labute approximate surface area is 77.0 Å². The van der Waals surface area contributed by atoms with Crippen molar-refractivity contribution in [3.63, 3.8) is 0 Å². The van der Waals surface area contributed by atoms with Gasteiger partial charge in [0, 0.05) is 0 Å². The number of benzene rings is 1. The zero-order valence-electron chi connectivity index (χ0n) is 6.33. The first kappa shape index (κ1) is 8.75. The first-order chi connectivity index (χ1) is 5.34. The maximum Gasteiger partial charge on any atom is 0.0778 e.